The molecule has 0 radical (unpaired) electrons. The Morgan fingerprint density at radius 3 is 2.31 bits per heavy atom. The molecule has 2 heterocycles. The number of hydrogen-bond donors (Lipinski definition) is 1. The molecule has 7 nitrogen and oxygen atoms in total. The van der Waals surface area contributed by atoms with Crippen LogP contribution in [-0.4, -0.2) is 61.2 Å². The molecule has 1 saturated heterocycles. The third-order valence-electron chi connectivity index (χ3n) is 4.88. The van der Waals surface area contributed by atoms with Gasteiger partial charge in [0.05, 0.1) is 16.5 Å². The lowest BCUT2D eigenvalue weighted by molar-refractivity contribution is -0.117. The number of anilines is 1. The minimum absolute atomic E-state index is 0.182. The highest BCUT2D eigenvalue weighted by molar-refractivity contribution is 7.89. The second-order valence-electron chi connectivity index (χ2n) is 7.31. The van der Waals surface area contributed by atoms with Crippen LogP contribution in [0.2, 0.25) is 5.02 Å². The number of sulfonamides is 1. The van der Waals surface area contributed by atoms with Gasteiger partial charge in [-0.05, 0) is 35.7 Å². The lowest BCUT2D eigenvalue weighted by Gasteiger charge is -2.33. The van der Waals surface area contributed by atoms with Gasteiger partial charge in [0.25, 0.3) is 0 Å². The van der Waals surface area contributed by atoms with Gasteiger partial charge in [0.2, 0.25) is 15.9 Å². The van der Waals surface area contributed by atoms with Crippen molar-refractivity contribution < 1.29 is 13.2 Å². The Kier molecular flexibility index (Phi) is 6.89. The fourth-order valence-electron chi connectivity index (χ4n) is 3.14. The zero-order valence-electron chi connectivity index (χ0n) is 16.5. The van der Waals surface area contributed by atoms with Crippen LogP contribution in [-0.2, 0) is 14.8 Å². The van der Waals surface area contributed by atoms with Gasteiger partial charge in [0, 0.05) is 32.4 Å². The van der Waals surface area contributed by atoms with Crippen LogP contribution in [0.1, 0.15) is 25.3 Å². The summed E-state index contributed by atoms with van der Waals surface area (Å²) in [6, 6.07) is 10.4. The van der Waals surface area contributed by atoms with E-state index in [-0.39, 0.29) is 12.5 Å². The first-order valence-corrected chi connectivity index (χ1v) is 11.3. The third kappa shape index (κ3) is 5.54. The Labute approximate surface area is 176 Å². The highest BCUT2D eigenvalue weighted by Gasteiger charge is 2.29. The van der Waals surface area contributed by atoms with Crippen molar-refractivity contribution in [2.45, 2.75) is 24.7 Å². The Hall–Kier alpha value is -2.00. The van der Waals surface area contributed by atoms with Gasteiger partial charge in [-0.15, -0.1) is 0 Å². The Balaban J connectivity index is 1.54. The molecule has 2 aromatic rings. The van der Waals surface area contributed by atoms with Crippen molar-refractivity contribution in [2.75, 3.05) is 38.0 Å². The van der Waals surface area contributed by atoms with Gasteiger partial charge < -0.3 is 5.32 Å². The number of rotatable bonds is 6. The number of hydrogen-bond acceptors (Lipinski definition) is 5. The lowest BCUT2D eigenvalue weighted by atomic mass is 10.0. The van der Waals surface area contributed by atoms with Crippen molar-refractivity contribution in [1.29, 1.82) is 0 Å². The number of pyridine rings is 1. The Bertz CT molecular complexity index is 939. The molecule has 1 N–H and O–H groups in total. The summed E-state index contributed by atoms with van der Waals surface area (Å²) in [7, 11) is -3.53. The molecule has 1 fully saturated rings. The molecule has 0 unspecified atom stereocenters. The van der Waals surface area contributed by atoms with Crippen molar-refractivity contribution in [3.05, 3.63) is 53.2 Å². The largest absolute Gasteiger partial charge is 0.310 e. The van der Waals surface area contributed by atoms with Crippen molar-refractivity contribution in [1.82, 2.24) is 14.2 Å². The average Bonchev–Trinajstić information content (AvgIpc) is 2.70. The maximum atomic E-state index is 12.9. The van der Waals surface area contributed by atoms with Crippen LogP contribution in [0.25, 0.3) is 0 Å². The first-order valence-electron chi connectivity index (χ1n) is 9.49. The predicted octanol–water partition coefficient (Wildman–Crippen LogP) is 2.80. The maximum absolute atomic E-state index is 12.9. The summed E-state index contributed by atoms with van der Waals surface area (Å²) in [5, 5.41) is 3.22. The standard InChI is InChI=1S/C20H25ClN4O3S/c1-15(2)16-3-6-18(7-4-16)29(27,28)25-11-9-24(10-12-25)14-20(26)23-19-8-5-17(21)13-22-19/h3-8,13,15H,9-12,14H2,1-2H3,(H,22,23,26). The van der Waals surface area contributed by atoms with Crippen molar-refractivity contribution in [2.24, 2.45) is 0 Å². The van der Waals surface area contributed by atoms with Gasteiger partial charge in [-0.2, -0.15) is 4.31 Å². The number of aromatic nitrogens is 1. The SMILES string of the molecule is CC(C)c1ccc(S(=O)(=O)N2CCN(CC(=O)Nc3ccc(Cl)cn3)CC2)cc1. The highest BCUT2D eigenvalue weighted by atomic mass is 35.5. The molecule has 0 bridgehead atoms. The lowest BCUT2D eigenvalue weighted by Crippen LogP contribution is -2.50. The van der Waals surface area contributed by atoms with E-state index < -0.39 is 10.0 Å². The smallest absolute Gasteiger partial charge is 0.243 e. The molecule has 156 valence electrons. The summed E-state index contributed by atoms with van der Waals surface area (Å²) in [5.41, 5.74) is 1.11. The molecule has 1 aliphatic rings. The molecule has 0 saturated carbocycles. The number of carbonyl (C=O) groups excluding carboxylic acids is 1. The summed E-state index contributed by atoms with van der Waals surface area (Å²) in [4.78, 5) is 18.5. The molecule has 1 amide bonds. The number of amides is 1. The number of carbonyl (C=O) groups is 1. The van der Waals surface area contributed by atoms with Crippen LogP contribution >= 0.6 is 11.6 Å². The van der Waals surface area contributed by atoms with Gasteiger partial charge in [0.1, 0.15) is 5.82 Å². The minimum atomic E-state index is -3.53. The zero-order valence-corrected chi connectivity index (χ0v) is 18.1. The van der Waals surface area contributed by atoms with Crippen LogP contribution < -0.4 is 5.32 Å². The first kappa shape index (κ1) is 21.7. The molecule has 1 aromatic carbocycles. The molecule has 1 aliphatic heterocycles. The molecule has 0 atom stereocenters. The van der Waals surface area contributed by atoms with Crippen LogP contribution in [0.4, 0.5) is 5.82 Å². The summed E-state index contributed by atoms with van der Waals surface area (Å²) in [6.07, 6.45) is 1.47. The van der Waals surface area contributed by atoms with Gasteiger partial charge in [-0.1, -0.05) is 37.6 Å². The van der Waals surface area contributed by atoms with Crippen molar-refractivity contribution in [3.63, 3.8) is 0 Å². The second kappa shape index (κ2) is 9.21. The number of halogens is 1. The highest BCUT2D eigenvalue weighted by Crippen LogP contribution is 2.21. The van der Waals surface area contributed by atoms with E-state index in [1.807, 2.05) is 17.0 Å². The van der Waals surface area contributed by atoms with E-state index in [4.69, 9.17) is 11.6 Å². The van der Waals surface area contributed by atoms with Crippen LogP contribution in [0.5, 0.6) is 0 Å². The van der Waals surface area contributed by atoms with E-state index in [1.165, 1.54) is 10.5 Å². The van der Waals surface area contributed by atoms with Gasteiger partial charge in [-0.3, -0.25) is 9.69 Å². The number of benzene rings is 1. The summed E-state index contributed by atoms with van der Waals surface area (Å²) < 4.78 is 27.2. The molecule has 1 aromatic heterocycles. The average molecular weight is 437 g/mol. The van der Waals surface area contributed by atoms with Crippen molar-refractivity contribution in [3.8, 4) is 0 Å². The van der Waals surface area contributed by atoms with E-state index in [0.29, 0.717) is 47.8 Å². The maximum Gasteiger partial charge on any atom is 0.243 e. The van der Waals surface area contributed by atoms with E-state index in [1.54, 1.807) is 24.3 Å². The van der Waals surface area contributed by atoms with E-state index in [9.17, 15) is 13.2 Å². The molecule has 9 heteroatoms. The molecule has 3 rings (SSSR count). The van der Waals surface area contributed by atoms with Crippen LogP contribution in [0.15, 0.2) is 47.5 Å². The van der Waals surface area contributed by atoms with Crippen LogP contribution in [0.3, 0.4) is 0 Å². The number of nitrogens with zero attached hydrogens (tertiary/aromatic N) is 3. The second-order valence-corrected chi connectivity index (χ2v) is 9.69. The zero-order chi connectivity index (χ0) is 21.0. The van der Waals surface area contributed by atoms with Crippen LogP contribution in [0, 0.1) is 0 Å². The molecule has 0 spiro atoms. The van der Waals surface area contributed by atoms with Gasteiger partial charge in [-0.25, -0.2) is 13.4 Å². The van der Waals surface area contributed by atoms with E-state index >= 15 is 0 Å². The Morgan fingerprint density at radius 2 is 1.76 bits per heavy atom. The topological polar surface area (TPSA) is 82.6 Å². The Morgan fingerprint density at radius 1 is 1.10 bits per heavy atom. The summed E-state index contributed by atoms with van der Waals surface area (Å²) in [5.74, 6) is 0.593. The van der Waals surface area contributed by atoms with Gasteiger partial charge in [0.15, 0.2) is 0 Å². The van der Waals surface area contributed by atoms with Gasteiger partial charge >= 0.3 is 0 Å². The number of nitrogens with one attached hydrogen (secondary N) is 1. The molecule has 29 heavy (non-hydrogen) atoms. The normalized spacial score (nSPS) is 16.1. The number of piperazine rings is 1. The fraction of sp³-hybridized carbons (Fsp3) is 0.400. The summed E-state index contributed by atoms with van der Waals surface area (Å²) >= 11 is 5.78. The molecular weight excluding hydrogens is 412 g/mol. The van der Waals surface area contributed by atoms with Crippen molar-refractivity contribution >= 4 is 33.3 Å². The first-order chi connectivity index (χ1) is 13.8. The third-order valence-corrected chi connectivity index (χ3v) is 7.01. The quantitative estimate of drug-likeness (QED) is 0.752. The molecular formula is C20H25ClN4O3S. The summed E-state index contributed by atoms with van der Waals surface area (Å²) in [6.45, 7) is 6.00. The van der Waals surface area contributed by atoms with E-state index in [2.05, 4.69) is 24.1 Å². The monoisotopic (exact) mass is 436 g/mol. The minimum Gasteiger partial charge on any atom is -0.310 e. The predicted molar refractivity (Wildman–Crippen MR) is 114 cm³/mol. The molecule has 0 aliphatic carbocycles. The van der Waals surface area contributed by atoms with E-state index in [0.717, 1.165) is 5.56 Å². The fourth-order valence-corrected chi connectivity index (χ4v) is 4.67.